The van der Waals surface area contributed by atoms with E-state index in [1.54, 1.807) is 0 Å². The lowest BCUT2D eigenvalue weighted by atomic mass is 9.72. The van der Waals surface area contributed by atoms with Crippen LogP contribution in [0.2, 0.25) is 0 Å². The number of hydrogen-bond donors (Lipinski definition) is 0. The zero-order chi connectivity index (χ0) is 14.6. The van der Waals surface area contributed by atoms with Gasteiger partial charge in [-0.3, -0.25) is 9.69 Å². The van der Waals surface area contributed by atoms with E-state index in [-0.39, 0.29) is 5.54 Å². The van der Waals surface area contributed by atoms with Crippen LogP contribution in [0.4, 0.5) is 0 Å². The smallest absolute Gasteiger partial charge is 0.155 e. The minimum atomic E-state index is -0.194. The van der Waals surface area contributed by atoms with Gasteiger partial charge in [0.05, 0.1) is 5.54 Å². The third-order valence-electron chi connectivity index (χ3n) is 6.00. The molecule has 0 aromatic heterocycles. The third-order valence-corrected chi connectivity index (χ3v) is 6.00. The average Bonchev–Trinajstić information content (AvgIpc) is 2.54. The van der Waals surface area contributed by atoms with E-state index >= 15 is 0 Å². The first-order valence-electron chi connectivity index (χ1n) is 8.91. The normalized spacial score (nSPS) is 31.8. The number of rotatable bonds is 5. The van der Waals surface area contributed by atoms with E-state index in [1.807, 2.05) is 0 Å². The maximum absolute atomic E-state index is 13.2. The van der Waals surface area contributed by atoms with Gasteiger partial charge in [-0.05, 0) is 58.0 Å². The number of ketones is 1. The van der Waals surface area contributed by atoms with E-state index in [0.29, 0.717) is 11.7 Å². The molecular weight excluding hydrogens is 246 g/mol. The second-order valence-electron chi connectivity index (χ2n) is 7.18. The van der Waals surface area contributed by atoms with E-state index in [2.05, 4.69) is 25.7 Å². The van der Waals surface area contributed by atoms with E-state index in [4.69, 9.17) is 0 Å². The van der Waals surface area contributed by atoms with Gasteiger partial charge in [0.25, 0.3) is 0 Å². The summed E-state index contributed by atoms with van der Waals surface area (Å²) in [5.74, 6) is 1.68. The van der Waals surface area contributed by atoms with Crippen LogP contribution < -0.4 is 0 Å². The maximum atomic E-state index is 13.2. The Morgan fingerprint density at radius 2 is 1.80 bits per heavy atom. The van der Waals surface area contributed by atoms with E-state index in [9.17, 15) is 4.79 Å². The quantitative estimate of drug-likeness (QED) is 0.742. The van der Waals surface area contributed by atoms with Crippen LogP contribution >= 0.6 is 0 Å². The summed E-state index contributed by atoms with van der Waals surface area (Å²) < 4.78 is 0. The molecule has 2 rings (SSSR count). The Kier molecular flexibility index (Phi) is 5.65. The molecule has 0 spiro atoms. The third kappa shape index (κ3) is 3.27. The van der Waals surface area contributed by atoms with Crippen molar-refractivity contribution in [2.24, 2.45) is 11.8 Å². The summed E-state index contributed by atoms with van der Waals surface area (Å²) in [5.41, 5.74) is -0.194. The molecule has 0 radical (unpaired) electrons. The van der Waals surface area contributed by atoms with Gasteiger partial charge in [0.1, 0.15) is 0 Å². The molecule has 2 fully saturated rings. The van der Waals surface area contributed by atoms with Crippen LogP contribution in [0, 0.1) is 11.8 Å². The molecule has 1 saturated heterocycles. The molecule has 2 nitrogen and oxygen atoms in total. The molecule has 20 heavy (non-hydrogen) atoms. The fourth-order valence-electron chi connectivity index (χ4n) is 4.28. The number of piperidine rings is 1. The molecule has 1 aliphatic heterocycles. The monoisotopic (exact) mass is 279 g/mol. The number of Topliss-reactive ketones (excluding diaryl/α,β-unsaturated/α-hetero) is 1. The molecule has 1 heterocycles. The van der Waals surface area contributed by atoms with Gasteiger partial charge in [-0.2, -0.15) is 0 Å². The fraction of sp³-hybridized carbons (Fsp3) is 0.944. The molecular formula is C18H33NO. The standard InChI is InChI=1S/C18H33NO/c1-4-15-10-9-11-16(14-15)17(20)18(3,5-2)19-12-7-6-8-13-19/h15-16H,4-14H2,1-3H3. The molecule has 2 heteroatoms. The Bertz CT molecular complexity index is 321. The lowest BCUT2D eigenvalue weighted by Gasteiger charge is -2.44. The van der Waals surface area contributed by atoms with E-state index < -0.39 is 0 Å². The summed E-state index contributed by atoms with van der Waals surface area (Å²) in [5, 5.41) is 0. The highest BCUT2D eigenvalue weighted by Gasteiger charge is 2.42. The first-order chi connectivity index (χ1) is 9.61. The van der Waals surface area contributed by atoms with Crippen molar-refractivity contribution in [2.75, 3.05) is 13.1 Å². The van der Waals surface area contributed by atoms with Gasteiger partial charge in [-0.1, -0.05) is 39.5 Å². The minimum Gasteiger partial charge on any atom is -0.297 e. The van der Waals surface area contributed by atoms with Crippen molar-refractivity contribution >= 4 is 5.78 Å². The highest BCUT2D eigenvalue weighted by Crippen LogP contribution is 2.36. The summed E-state index contributed by atoms with van der Waals surface area (Å²) in [4.78, 5) is 15.7. The first-order valence-corrected chi connectivity index (χ1v) is 8.91. The Balaban J connectivity index is 2.06. The van der Waals surface area contributed by atoms with Gasteiger partial charge in [-0.15, -0.1) is 0 Å². The van der Waals surface area contributed by atoms with Crippen molar-refractivity contribution in [3.05, 3.63) is 0 Å². The fourth-order valence-corrected chi connectivity index (χ4v) is 4.28. The summed E-state index contributed by atoms with van der Waals surface area (Å²) in [7, 11) is 0. The van der Waals surface area contributed by atoms with Gasteiger partial charge in [0.15, 0.2) is 5.78 Å². The summed E-state index contributed by atoms with van der Waals surface area (Å²) >= 11 is 0. The van der Waals surface area contributed by atoms with Crippen molar-refractivity contribution in [3.8, 4) is 0 Å². The highest BCUT2D eigenvalue weighted by atomic mass is 16.1. The largest absolute Gasteiger partial charge is 0.297 e. The molecule has 3 atom stereocenters. The molecule has 0 N–H and O–H groups in total. The highest BCUT2D eigenvalue weighted by molar-refractivity contribution is 5.90. The van der Waals surface area contributed by atoms with Crippen molar-refractivity contribution in [1.29, 1.82) is 0 Å². The van der Waals surface area contributed by atoms with Crippen LogP contribution in [0.15, 0.2) is 0 Å². The van der Waals surface area contributed by atoms with Crippen LogP contribution in [0.5, 0.6) is 0 Å². The Hall–Kier alpha value is -0.370. The van der Waals surface area contributed by atoms with Gasteiger partial charge in [-0.25, -0.2) is 0 Å². The molecule has 1 aliphatic carbocycles. The average molecular weight is 279 g/mol. The van der Waals surface area contributed by atoms with E-state index in [1.165, 1.54) is 38.5 Å². The topological polar surface area (TPSA) is 20.3 Å². The number of carbonyl (C=O) groups is 1. The second-order valence-corrected chi connectivity index (χ2v) is 7.18. The van der Waals surface area contributed by atoms with Crippen molar-refractivity contribution in [2.45, 2.75) is 84.1 Å². The molecule has 0 aromatic rings. The number of carbonyl (C=O) groups excluding carboxylic acids is 1. The predicted molar refractivity (Wildman–Crippen MR) is 84.9 cm³/mol. The molecule has 0 amide bonds. The lowest BCUT2D eigenvalue weighted by Crippen LogP contribution is -2.56. The predicted octanol–water partition coefficient (Wildman–Crippen LogP) is 4.43. The zero-order valence-electron chi connectivity index (χ0n) is 13.8. The lowest BCUT2D eigenvalue weighted by molar-refractivity contribution is -0.137. The minimum absolute atomic E-state index is 0.194. The number of likely N-dealkylation sites (tertiary alicyclic amines) is 1. The molecule has 1 saturated carbocycles. The van der Waals surface area contributed by atoms with Crippen LogP contribution in [0.1, 0.15) is 78.6 Å². The van der Waals surface area contributed by atoms with Gasteiger partial charge in [0.2, 0.25) is 0 Å². The summed E-state index contributed by atoms with van der Waals surface area (Å²) in [6.45, 7) is 8.95. The molecule has 0 aromatic carbocycles. The molecule has 3 unspecified atom stereocenters. The number of nitrogens with zero attached hydrogens (tertiary/aromatic N) is 1. The van der Waals surface area contributed by atoms with Gasteiger partial charge in [0, 0.05) is 5.92 Å². The van der Waals surface area contributed by atoms with Crippen LogP contribution in [-0.4, -0.2) is 29.3 Å². The Labute approximate surface area is 125 Å². The van der Waals surface area contributed by atoms with E-state index in [0.717, 1.165) is 38.3 Å². The van der Waals surface area contributed by atoms with Crippen LogP contribution in [0.3, 0.4) is 0 Å². The SMILES string of the molecule is CCC1CCCC(C(=O)C(C)(CC)N2CCCCC2)C1. The van der Waals surface area contributed by atoms with Crippen molar-refractivity contribution in [1.82, 2.24) is 4.90 Å². The molecule has 0 bridgehead atoms. The first kappa shape index (κ1) is 16.0. The molecule has 116 valence electrons. The Morgan fingerprint density at radius 1 is 1.10 bits per heavy atom. The maximum Gasteiger partial charge on any atom is 0.155 e. The number of hydrogen-bond acceptors (Lipinski definition) is 2. The van der Waals surface area contributed by atoms with Gasteiger partial charge >= 0.3 is 0 Å². The zero-order valence-corrected chi connectivity index (χ0v) is 13.8. The van der Waals surface area contributed by atoms with Crippen molar-refractivity contribution < 1.29 is 4.79 Å². The van der Waals surface area contributed by atoms with Crippen molar-refractivity contribution in [3.63, 3.8) is 0 Å². The molecule has 2 aliphatic rings. The van der Waals surface area contributed by atoms with Gasteiger partial charge < -0.3 is 0 Å². The van der Waals surface area contributed by atoms with Crippen LogP contribution in [0.25, 0.3) is 0 Å². The summed E-state index contributed by atoms with van der Waals surface area (Å²) in [6, 6.07) is 0. The summed E-state index contributed by atoms with van der Waals surface area (Å²) in [6.07, 6.45) is 11.0. The van der Waals surface area contributed by atoms with Crippen LogP contribution in [-0.2, 0) is 4.79 Å². The Morgan fingerprint density at radius 3 is 2.40 bits per heavy atom. The second kappa shape index (κ2) is 7.06.